The average molecular weight is 655 g/mol. The Morgan fingerprint density at radius 2 is 1.08 bits per heavy atom. The molecule has 0 fully saturated rings. The molecule has 12 heteroatoms. The van der Waals surface area contributed by atoms with E-state index in [-0.39, 0.29) is 17.8 Å². The number of hydrogen-bond acceptors (Lipinski definition) is 10. The molecule has 12 nitrogen and oxygen atoms in total. The Labute approximate surface area is 281 Å². The number of benzene rings is 3. The van der Waals surface area contributed by atoms with Crippen molar-refractivity contribution in [2.24, 2.45) is 0 Å². The van der Waals surface area contributed by atoms with Crippen molar-refractivity contribution < 1.29 is 10.0 Å². The van der Waals surface area contributed by atoms with Crippen molar-refractivity contribution >= 4 is 33.4 Å². The van der Waals surface area contributed by atoms with Gasteiger partial charge in [0.25, 0.3) is 11.1 Å². The van der Waals surface area contributed by atoms with Gasteiger partial charge in [-0.3, -0.25) is 9.59 Å². The number of fused-ring (bicyclic) bond motifs is 2. The Hall–Kier alpha value is -6.56. The molecule has 7 rings (SSSR count). The van der Waals surface area contributed by atoms with Gasteiger partial charge < -0.3 is 20.7 Å². The zero-order chi connectivity index (χ0) is 33.8. The third-order valence-electron chi connectivity index (χ3n) is 7.65. The number of aromatic nitrogens is 6. The van der Waals surface area contributed by atoms with Gasteiger partial charge in [-0.2, -0.15) is 0 Å². The molecule has 0 amide bonds. The Kier molecular flexibility index (Phi) is 10.5. The summed E-state index contributed by atoms with van der Waals surface area (Å²) < 4.78 is 1.76. The maximum atomic E-state index is 12.6. The van der Waals surface area contributed by atoms with Crippen molar-refractivity contribution in [3.63, 3.8) is 0 Å². The molecule has 0 bridgehead atoms. The molecular weight excluding hydrogens is 620 g/mol. The van der Waals surface area contributed by atoms with Crippen molar-refractivity contribution in [3.05, 3.63) is 166 Å². The molecule has 7 aromatic rings. The number of anilines is 2. The largest absolute Gasteiger partial charge is 0.423 e. The Balaban J connectivity index is 0.000000177. The highest BCUT2D eigenvalue weighted by Crippen LogP contribution is 2.19. The van der Waals surface area contributed by atoms with Gasteiger partial charge in [-0.15, -0.1) is 9.46 Å². The van der Waals surface area contributed by atoms with E-state index in [4.69, 9.17) is 4.84 Å². The van der Waals surface area contributed by atoms with E-state index in [1.165, 1.54) is 40.6 Å². The Bertz CT molecular complexity index is 2250. The van der Waals surface area contributed by atoms with E-state index < -0.39 is 5.56 Å². The van der Waals surface area contributed by atoms with E-state index in [1.54, 1.807) is 12.4 Å². The first-order valence-electron chi connectivity index (χ1n) is 15.7. The molecule has 49 heavy (non-hydrogen) atoms. The fourth-order valence-electron chi connectivity index (χ4n) is 5.19. The SMILES string of the molecule is O=c1cc(NCCc2ccccc2)c2cncnc2n1O.O=c1cc(NCCc2ccccc2)c2cncnc2n1OCc1ccccc1. The second-order valence-electron chi connectivity index (χ2n) is 11.0. The standard InChI is InChI=1S/C22H20N4O2.C15H14N4O2/c27-21-13-20(24-12-11-17-7-3-1-4-8-17)19-14-23-16-25-22(19)26(21)28-15-18-9-5-2-6-10-18;20-14-8-13(12-9-16-10-18-15(12)19(14)21)17-7-6-11-4-2-1-3-5-11/h1-10,13-14,16,24H,11-12,15H2;1-5,8-10,17,21H,6-7H2. The topological polar surface area (TPSA) is 149 Å². The minimum atomic E-state index is -0.525. The predicted molar refractivity (Wildman–Crippen MR) is 189 cm³/mol. The lowest BCUT2D eigenvalue weighted by molar-refractivity contribution is 0.0980. The first-order valence-corrected chi connectivity index (χ1v) is 15.7. The van der Waals surface area contributed by atoms with Crippen LogP contribution in [0.5, 0.6) is 0 Å². The average Bonchev–Trinajstić information content (AvgIpc) is 3.15. The molecule has 3 aromatic carbocycles. The second-order valence-corrected chi connectivity index (χ2v) is 11.0. The van der Waals surface area contributed by atoms with Crippen LogP contribution in [0.3, 0.4) is 0 Å². The number of hydrogen-bond donors (Lipinski definition) is 3. The van der Waals surface area contributed by atoms with Crippen LogP contribution in [0.1, 0.15) is 16.7 Å². The highest BCUT2D eigenvalue weighted by molar-refractivity contribution is 5.88. The van der Waals surface area contributed by atoms with Crippen LogP contribution in [0.15, 0.2) is 138 Å². The van der Waals surface area contributed by atoms with Crippen molar-refractivity contribution in [1.29, 1.82) is 0 Å². The first kappa shape index (κ1) is 32.4. The van der Waals surface area contributed by atoms with Gasteiger partial charge in [0.05, 0.1) is 22.1 Å². The normalized spacial score (nSPS) is 10.7. The van der Waals surface area contributed by atoms with Crippen LogP contribution in [0.25, 0.3) is 22.1 Å². The van der Waals surface area contributed by atoms with Crippen molar-refractivity contribution in [2.45, 2.75) is 19.4 Å². The van der Waals surface area contributed by atoms with Gasteiger partial charge in [0.15, 0.2) is 11.3 Å². The first-order chi connectivity index (χ1) is 24.1. The van der Waals surface area contributed by atoms with Crippen LogP contribution >= 0.6 is 0 Å². The van der Waals surface area contributed by atoms with Gasteiger partial charge in [0.1, 0.15) is 19.3 Å². The smallest absolute Gasteiger partial charge is 0.287 e. The van der Waals surface area contributed by atoms with Crippen molar-refractivity contribution in [3.8, 4) is 0 Å². The van der Waals surface area contributed by atoms with Crippen LogP contribution in [0, 0.1) is 0 Å². The Morgan fingerprint density at radius 1 is 0.612 bits per heavy atom. The summed E-state index contributed by atoms with van der Waals surface area (Å²) in [6, 6.07) is 32.8. The van der Waals surface area contributed by atoms with Crippen molar-refractivity contribution in [2.75, 3.05) is 23.7 Å². The highest BCUT2D eigenvalue weighted by atomic mass is 16.7. The van der Waals surface area contributed by atoms with Crippen molar-refractivity contribution in [1.82, 2.24) is 29.4 Å². The van der Waals surface area contributed by atoms with Crippen LogP contribution in [0.4, 0.5) is 11.4 Å². The number of pyridine rings is 2. The van der Waals surface area contributed by atoms with E-state index in [0.717, 1.165) is 23.8 Å². The Morgan fingerprint density at radius 3 is 1.63 bits per heavy atom. The number of rotatable bonds is 11. The highest BCUT2D eigenvalue weighted by Gasteiger charge is 2.12. The third-order valence-corrected chi connectivity index (χ3v) is 7.65. The molecule has 0 aliphatic carbocycles. The molecule has 0 aliphatic heterocycles. The fourth-order valence-corrected chi connectivity index (χ4v) is 5.19. The second kappa shape index (κ2) is 15.8. The van der Waals surface area contributed by atoms with Crippen LogP contribution in [-0.4, -0.2) is 47.7 Å². The fraction of sp³-hybridized carbons (Fsp3) is 0.135. The van der Waals surface area contributed by atoms with Gasteiger partial charge >= 0.3 is 0 Å². The lowest BCUT2D eigenvalue weighted by Gasteiger charge is -2.14. The summed E-state index contributed by atoms with van der Waals surface area (Å²) in [5, 5.41) is 17.5. The van der Waals surface area contributed by atoms with Crippen LogP contribution in [-0.2, 0) is 19.4 Å². The lowest BCUT2D eigenvalue weighted by Crippen LogP contribution is -2.28. The van der Waals surface area contributed by atoms with E-state index in [9.17, 15) is 14.8 Å². The zero-order valence-corrected chi connectivity index (χ0v) is 26.5. The van der Waals surface area contributed by atoms with Gasteiger partial charge in [-0.05, 0) is 29.5 Å². The van der Waals surface area contributed by atoms with Gasteiger partial charge in [-0.1, -0.05) is 91.0 Å². The van der Waals surface area contributed by atoms with E-state index in [2.05, 4.69) is 54.8 Å². The maximum Gasteiger partial charge on any atom is 0.287 e. The predicted octanol–water partition coefficient (Wildman–Crippen LogP) is 4.76. The summed E-state index contributed by atoms with van der Waals surface area (Å²) in [7, 11) is 0. The molecular formula is C37H34N8O4. The molecule has 0 spiro atoms. The number of nitrogens with zero attached hydrogens (tertiary/aromatic N) is 6. The summed E-state index contributed by atoms with van der Waals surface area (Å²) in [6.07, 6.45) is 7.65. The summed E-state index contributed by atoms with van der Waals surface area (Å²) in [4.78, 5) is 46.3. The van der Waals surface area contributed by atoms with Crippen LogP contribution in [0.2, 0.25) is 0 Å². The van der Waals surface area contributed by atoms with Gasteiger partial charge in [0.2, 0.25) is 0 Å². The molecule has 0 atom stereocenters. The summed E-state index contributed by atoms with van der Waals surface area (Å²) in [6.45, 7) is 1.64. The quantitative estimate of drug-likeness (QED) is 0.167. The molecule has 4 heterocycles. The van der Waals surface area contributed by atoms with E-state index >= 15 is 0 Å². The lowest BCUT2D eigenvalue weighted by atomic mass is 10.1. The molecule has 0 saturated carbocycles. The molecule has 0 unspecified atom stereocenters. The minimum absolute atomic E-state index is 0.194. The summed E-state index contributed by atoms with van der Waals surface area (Å²) >= 11 is 0. The molecule has 246 valence electrons. The third kappa shape index (κ3) is 8.24. The van der Waals surface area contributed by atoms with Gasteiger partial charge in [0, 0.05) is 37.6 Å². The number of nitrogens with one attached hydrogen (secondary N) is 2. The molecule has 0 saturated heterocycles. The van der Waals surface area contributed by atoms with Gasteiger partial charge in [-0.25, -0.2) is 19.9 Å². The molecule has 4 aromatic heterocycles. The van der Waals surface area contributed by atoms with Crippen LogP contribution < -0.4 is 26.6 Å². The minimum Gasteiger partial charge on any atom is -0.423 e. The summed E-state index contributed by atoms with van der Waals surface area (Å²) in [5.41, 5.74) is 4.58. The molecule has 0 aliphatic rings. The monoisotopic (exact) mass is 654 g/mol. The zero-order valence-electron chi connectivity index (χ0n) is 26.5. The molecule has 0 radical (unpaired) electrons. The van der Waals surface area contributed by atoms with E-state index in [1.807, 2.05) is 66.7 Å². The molecule has 3 N–H and O–H groups in total. The summed E-state index contributed by atoms with van der Waals surface area (Å²) in [5.74, 6) is 0. The van der Waals surface area contributed by atoms with E-state index in [0.29, 0.717) is 40.2 Å². The maximum absolute atomic E-state index is 12.6.